The predicted molar refractivity (Wildman–Crippen MR) is 91.6 cm³/mol. The van der Waals surface area contributed by atoms with Crippen molar-refractivity contribution in [3.63, 3.8) is 0 Å². The van der Waals surface area contributed by atoms with Gasteiger partial charge in [-0.05, 0) is 23.6 Å². The Balaban J connectivity index is 0.00000176. The monoisotopic (exact) mass is 316 g/mol. The quantitative estimate of drug-likeness (QED) is 0.890. The highest BCUT2D eigenvalue weighted by Gasteiger charge is 2.18. The number of amides is 1. The molecule has 116 valence electrons. The molecular weight excluding hydrogens is 296 g/mol. The second-order valence-corrected chi connectivity index (χ2v) is 5.55. The van der Waals surface area contributed by atoms with Crippen LogP contribution in [0.2, 0.25) is 0 Å². The summed E-state index contributed by atoms with van der Waals surface area (Å²) in [7, 11) is 0. The third-order valence-corrected chi connectivity index (χ3v) is 3.92. The molecule has 3 rings (SSSR count). The van der Waals surface area contributed by atoms with Crippen molar-refractivity contribution in [3.8, 4) is 0 Å². The van der Waals surface area contributed by atoms with E-state index in [1.54, 1.807) is 0 Å². The summed E-state index contributed by atoms with van der Waals surface area (Å²) in [6, 6.07) is 18.1. The number of carbonyl (C=O) groups excluding carboxylic acids is 1. The second kappa shape index (κ2) is 7.97. The molecule has 1 aliphatic rings. The van der Waals surface area contributed by atoms with Crippen LogP contribution in [-0.4, -0.2) is 25.5 Å². The summed E-state index contributed by atoms with van der Waals surface area (Å²) in [4.78, 5) is 12.4. The van der Waals surface area contributed by atoms with Crippen molar-refractivity contribution in [2.75, 3.05) is 19.6 Å². The summed E-state index contributed by atoms with van der Waals surface area (Å²) in [6.07, 6.45) is 0.787. The Kier molecular flexibility index (Phi) is 5.99. The molecule has 1 amide bonds. The highest BCUT2D eigenvalue weighted by molar-refractivity contribution is 5.95. The van der Waals surface area contributed by atoms with E-state index in [1.807, 2.05) is 42.5 Å². The van der Waals surface area contributed by atoms with E-state index in [0.717, 1.165) is 37.2 Å². The van der Waals surface area contributed by atoms with Gasteiger partial charge in [0.25, 0.3) is 5.91 Å². The number of rotatable bonds is 5. The molecule has 4 heteroatoms. The molecule has 1 heterocycles. The first-order valence-electron chi connectivity index (χ1n) is 7.43. The highest BCUT2D eigenvalue weighted by atomic mass is 35.5. The molecule has 0 saturated carbocycles. The van der Waals surface area contributed by atoms with Crippen molar-refractivity contribution < 1.29 is 4.79 Å². The Morgan fingerprint density at radius 3 is 2.41 bits per heavy atom. The first kappa shape index (κ1) is 16.5. The third kappa shape index (κ3) is 4.09. The molecule has 1 fully saturated rings. The molecular formula is C18H21ClN2O. The summed E-state index contributed by atoms with van der Waals surface area (Å²) < 4.78 is 0. The maximum atomic E-state index is 12.4. The Bertz CT molecular complexity index is 611. The number of benzene rings is 2. The predicted octanol–water partition coefficient (Wildman–Crippen LogP) is 2.65. The van der Waals surface area contributed by atoms with Crippen molar-refractivity contribution in [1.29, 1.82) is 0 Å². The Morgan fingerprint density at radius 1 is 1.05 bits per heavy atom. The molecule has 3 nitrogen and oxygen atoms in total. The minimum absolute atomic E-state index is 0. The summed E-state index contributed by atoms with van der Waals surface area (Å²) in [5.74, 6) is 0.615. The van der Waals surface area contributed by atoms with E-state index in [2.05, 4.69) is 22.8 Å². The molecule has 22 heavy (non-hydrogen) atoms. The zero-order valence-corrected chi connectivity index (χ0v) is 13.2. The number of nitrogens with one attached hydrogen (secondary N) is 2. The molecule has 0 radical (unpaired) electrons. The summed E-state index contributed by atoms with van der Waals surface area (Å²) >= 11 is 0. The van der Waals surface area contributed by atoms with Gasteiger partial charge in [-0.2, -0.15) is 0 Å². The largest absolute Gasteiger partial charge is 0.352 e. The van der Waals surface area contributed by atoms with E-state index in [1.165, 1.54) is 5.56 Å². The lowest BCUT2D eigenvalue weighted by Gasteiger charge is -2.27. The van der Waals surface area contributed by atoms with Gasteiger partial charge in [0.15, 0.2) is 0 Å². The van der Waals surface area contributed by atoms with E-state index in [4.69, 9.17) is 0 Å². The molecule has 0 aliphatic carbocycles. The molecule has 0 unspecified atom stereocenters. The van der Waals surface area contributed by atoms with Crippen LogP contribution < -0.4 is 10.6 Å². The van der Waals surface area contributed by atoms with E-state index in [0.29, 0.717) is 5.92 Å². The van der Waals surface area contributed by atoms with E-state index in [9.17, 15) is 4.79 Å². The summed E-state index contributed by atoms with van der Waals surface area (Å²) in [5.41, 5.74) is 3.09. The second-order valence-electron chi connectivity index (χ2n) is 5.55. The van der Waals surface area contributed by atoms with Gasteiger partial charge in [0.05, 0.1) is 0 Å². The van der Waals surface area contributed by atoms with Gasteiger partial charge in [-0.1, -0.05) is 48.5 Å². The standard InChI is InChI=1S/C18H20N2O.ClH/c21-18(20-13-15-11-19-12-15)17-9-5-4-8-16(17)10-14-6-2-1-3-7-14;/h1-9,15,19H,10-13H2,(H,20,21);1H. The van der Waals surface area contributed by atoms with Crippen LogP contribution in [0, 0.1) is 5.92 Å². The molecule has 0 aromatic heterocycles. The van der Waals surface area contributed by atoms with Crippen LogP contribution in [-0.2, 0) is 6.42 Å². The topological polar surface area (TPSA) is 41.1 Å². The van der Waals surface area contributed by atoms with Gasteiger partial charge in [0, 0.05) is 31.1 Å². The maximum absolute atomic E-state index is 12.4. The van der Waals surface area contributed by atoms with Crippen molar-refractivity contribution in [3.05, 3.63) is 71.3 Å². The van der Waals surface area contributed by atoms with Crippen LogP contribution in [0.15, 0.2) is 54.6 Å². The minimum Gasteiger partial charge on any atom is -0.352 e. The normalized spacial score (nSPS) is 13.8. The molecule has 0 atom stereocenters. The Morgan fingerprint density at radius 2 is 1.73 bits per heavy atom. The molecule has 2 aromatic rings. The zero-order chi connectivity index (χ0) is 14.5. The fourth-order valence-corrected chi connectivity index (χ4v) is 2.54. The molecule has 1 saturated heterocycles. The van der Waals surface area contributed by atoms with Crippen LogP contribution in [0.4, 0.5) is 0 Å². The van der Waals surface area contributed by atoms with Crippen LogP contribution in [0.1, 0.15) is 21.5 Å². The van der Waals surface area contributed by atoms with Crippen molar-refractivity contribution in [2.24, 2.45) is 5.92 Å². The smallest absolute Gasteiger partial charge is 0.251 e. The average molecular weight is 317 g/mol. The molecule has 0 spiro atoms. The zero-order valence-electron chi connectivity index (χ0n) is 12.4. The SMILES string of the molecule is Cl.O=C(NCC1CNC1)c1ccccc1Cc1ccccc1. The lowest BCUT2D eigenvalue weighted by molar-refractivity contribution is 0.0941. The Hall–Kier alpha value is -1.84. The number of halogens is 1. The lowest BCUT2D eigenvalue weighted by Crippen LogP contribution is -2.48. The van der Waals surface area contributed by atoms with Crippen molar-refractivity contribution >= 4 is 18.3 Å². The molecule has 1 aliphatic heterocycles. The lowest BCUT2D eigenvalue weighted by atomic mass is 9.98. The Labute approximate surface area is 137 Å². The summed E-state index contributed by atoms with van der Waals surface area (Å²) in [6.45, 7) is 2.77. The van der Waals surface area contributed by atoms with Gasteiger partial charge in [0.1, 0.15) is 0 Å². The van der Waals surface area contributed by atoms with E-state index >= 15 is 0 Å². The molecule has 0 bridgehead atoms. The van der Waals surface area contributed by atoms with Gasteiger partial charge >= 0.3 is 0 Å². The van der Waals surface area contributed by atoms with Gasteiger partial charge in [-0.25, -0.2) is 0 Å². The van der Waals surface area contributed by atoms with Gasteiger partial charge in [-0.15, -0.1) is 12.4 Å². The van der Waals surface area contributed by atoms with Crippen LogP contribution >= 0.6 is 12.4 Å². The highest BCUT2D eigenvalue weighted by Crippen LogP contribution is 2.14. The van der Waals surface area contributed by atoms with Crippen LogP contribution in [0.25, 0.3) is 0 Å². The average Bonchev–Trinajstić information content (AvgIpc) is 2.47. The fraction of sp³-hybridized carbons (Fsp3) is 0.278. The van der Waals surface area contributed by atoms with Crippen molar-refractivity contribution in [1.82, 2.24) is 10.6 Å². The maximum Gasteiger partial charge on any atom is 0.251 e. The van der Waals surface area contributed by atoms with Gasteiger partial charge in [-0.3, -0.25) is 4.79 Å². The number of hydrogen-bond donors (Lipinski definition) is 2. The van der Waals surface area contributed by atoms with Gasteiger partial charge in [0.2, 0.25) is 0 Å². The summed E-state index contributed by atoms with van der Waals surface area (Å²) in [5, 5.41) is 6.27. The first-order chi connectivity index (χ1) is 10.3. The third-order valence-electron chi connectivity index (χ3n) is 3.92. The van der Waals surface area contributed by atoms with E-state index < -0.39 is 0 Å². The van der Waals surface area contributed by atoms with Crippen LogP contribution in [0.3, 0.4) is 0 Å². The number of hydrogen-bond acceptors (Lipinski definition) is 2. The minimum atomic E-state index is 0. The van der Waals surface area contributed by atoms with Gasteiger partial charge < -0.3 is 10.6 Å². The molecule has 2 N–H and O–H groups in total. The van der Waals surface area contributed by atoms with E-state index in [-0.39, 0.29) is 18.3 Å². The number of carbonyl (C=O) groups is 1. The molecule has 2 aromatic carbocycles. The first-order valence-corrected chi connectivity index (χ1v) is 7.43. The van der Waals surface area contributed by atoms with Crippen molar-refractivity contribution in [2.45, 2.75) is 6.42 Å². The fourth-order valence-electron chi connectivity index (χ4n) is 2.54. The van der Waals surface area contributed by atoms with Crippen LogP contribution in [0.5, 0.6) is 0 Å².